The Morgan fingerprint density at radius 2 is 1.93 bits per heavy atom. The summed E-state index contributed by atoms with van der Waals surface area (Å²) in [6, 6.07) is 15.1. The van der Waals surface area contributed by atoms with E-state index in [-0.39, 0.29) is 5.56 Å². The summed E-state index contributed by atoms with van der Waals surface area (Å²) in [5.41, 5.74) is 1.64. The average Bonchev–Trinajstić information content (AvgIpc) is 3.22. The van der Waals surface area contributed by atoms with E-state index in [1.165, 1.54) is 15.9 Å². The second-order valence-electron chi connectivity index (χ2n) is 5.94. The Bertz CT molecular complexity index is 1260. The van der Waals surface area contributed by atoms with Crippen LogP contribution in [-0.4, -0.2) is 21.2 Å². The molecule has 0 aliphatic heterocycles. The molecule has 0 amide bonds. The van der Waals surface area contributed by atoms with Crippen LogP contribution >= 0.6 is 22.9 Å². The zero-order valence-electron chi connectivity index (χ0n) is 15.0. The van der Waals surface area contributed by atoms with Crippen molar-refractivity contribution < 1.29 is 4.74 Å². The molecule has 4 aromatic rings. The van der Waals surface area contributed by atoms with Crippen LogP contribution in [0.4, 0.5) is 0 Å². The number of aromatic nitrogens is 3. The van der Waals surface area contributed by atoms with E-state index in [9.17, 15) is 4.79 Å². The number of fused-ring (bicyclic) bond motifs is 1. The molecule has 0 saturated carbocycles. The van der Waals surface area contributed by atoms with E-state index < -0.39 is 0 Å². The number of nitrogens with zero attached hydrogens (tertiary/aromatic N) is 3. The van der Waals surface area contributed by atoms with Crippen LogP contribution in [0.1, 0.15) is 23.9 Å². The predicted octanol–water partition coefficient (Wildman–Crippen LogP) is 3.92. The highest BCUT2D eigenvalue weighted by atomic mass is 35.5. The maximum absolute atomic E-state index is 12.7. The first kappa shape index (κ1) is 18.4. The Morgan fingerprint density at radius 1 is 1.14 bits per heavy atom. The largest absolute Gasteiger partial charge is 0.493 e. The minimum Gasteiger partial charge on any atom is -0.493 e. The van der Waals surface area contributed by atoms with Crippen LogP contribution in [0.25, 0.3) is 23.2 Å². The lowest BCUT2D eigenvalue weighted by Gasteiger charge is -2.05. The van der Waals surface area contributed by atoms with E-state index in [0.29, 0.717) is 26.9 Å². The lowest BCUT2D eigenvalue weighted by atomic mass is 10.2. The van der Waals surface area contributed by atoms with Gasteiger partial charge in [-0.3, -0.25) is 4.79 Å². The highest BCUT2D eigenvalue weighted by Crippen LogP contribution is 2.18. The highest BCUT2D eigenvalue weighted by molar-refractivity contribution is 7.15. The van der Waals surface area contributed by atoms with Gasteiger partial charge < -0.3 is 4.74 Å². The van der Waals surface area contributed by atoms with Gasteiger partial charge in [-0.2, -0.15) is 9.50 Å². The van der Waals surface area contributed by atoms with Crippen LogP contribution < -0.4 is 14.8 Å². The third kappa shape index (κ3) is 3.83. The molecule has 2 aromatic carbocycles. The first-order valence-corrected chi connectivity index (χ1v) is 9.90. The van der Waals surface area contributed by atoms with Crippen molar-refractivity contribution in [3.63, 3.8) is 0 Å². The second-order valence-corrected chi connectivity index (χ2v) is 7.38. The van der Waals surface area contributed by atoms with Gasteiger partial charge in [0.2, 0.25) is 4.96 Å². The van der Waals surface area contributed by atoms with Gasteiger partial charge in [0.05, 0.1) is 11.1 Å². The molecule has 0 fully saturated rings. The van der Waals surface area contributed by atoms with Gasteiger partial charge in [-0.1, -0.05) is 59.3 Å². The van der Waals surface area contributed by atoms with E-state index in [4.69, 9.17) is 16.3 Å². The maximum Gasteiger partial charge on any atom is 0.291 e. The molecule has 2 heterocycles. The fourth-order valence-electron chi connectivity index (χ4n) is 2.69. The minimum atomic E-state index is -0.190. The average molecular weight is 410 g/mol. The molecule has 0 atom stereocenters. The monoisotopic (exact) mass is 409 g/mol. The molecule has 0 unspecified atom stereocenters. The lowest BCUT2D eigenvalue weighted by molar-refractivity contribution is 0.339. The summed E-state index contributed by atoms with van der Waals surface area (Å²) >= 11 is 7.19. The van der Waals surface area contributed by atoms with E-state index in [1.807, 2.05) is 67.6 Å². The second kappa shape index (κ2) is 7.96. The van der Waals surface area contributed by atoms with Gasteiger partial charge in [0.15, 0.2) is 5.82 Å². The van der Waals surface area contributed by atoms with Crippen LogP contribution in [0.15, 0.2) is 53.3 Å². The number of rotatable bonds is 5. The van der Waals surface area contributed by atoms with Crippen LogP contribution in [0.2, 0.25) is 5.02 Å². The van der Waals surface area contributed by atoms with Crippen LogP contribution in [0, 0.1) is 0 Å². The van der Waals surface area contributed by atoms with Crippen molar-refractivity contribution in [1.82, 2.24) is 14.6 Å². The number of hydrogen-bond acceptors (Lipinski definition) is 5. The molecule has 4 rings (SSSR count). The Morgan fingerprint density at radius 3 is 2.68 bits per heavy atom. The zero-order valence-corrected chi connectivity index (χ0v) is 16.6. The highest BCUT2D eigenvalue weighted by Gasteiger charge is 2.09. The summed E-state index contributed by atoms with van der Waals surface area (Å²) in [4.78, 5) is 17.7. The maximum atomic E-state index is 12.7. The summed E-state index contributed by atoms with van der Waals surface area (Å²) in [6.45, 7) is 2.49. The third-order valence-corrected chi connectivity index (χ3v) is 5.21. The first-order valence-electron chi connectivity index (χ1n) is 8.71. The molecular formula is C21H16ClN3O2S. The molecule has 28 heavy (non-hydrogen) atoms. The standard InChI is InChI=1S/C21H16ClN3O2S/c1-2-27-17-6-4-3-5-15(17)13-18-20(26)25-21(28-18)23-19(24-25)12-9-14-7-10-16(22)11-8-14/h3-13H,2H2,1H3/b12-9+,18-13+. The Kier molecular flexibility index (Phi) is 5.23. The molecule has 0 aliphatic carbocycles. The summed E-state index contributed by atoms with van der Waals surface area (Å²) in [5, 5.41) is 4.99. The summed E-state index contributed by atoms with van der Waals surface area (Å²) in [7, 11) is 0. The lowest BCUT2D eigenvalue weighted by Crippen LogP contribution is -2.23. The van der Waals surface area contributed by atoms with E-state index in [0.717, 1.165) is 16.9 Å². The smallest absolute Gasteiger partial charge is 0.291 e. The van der Waals surface area contributed by atoms with Crippen molar-refractivity contribution in [2.24, 2.45) is 0 Å². The molecule has 2 aromatic heterocycles. The molecule has 0 saturated heterocycles. The fraction of sp³-hybridized carbons (Fsp3) is 0.0952. The Hall–Kier alpha value is -2.96. The quantitative estimate of drug-likeness (QED) is 0.501. The van der Waals surface area contributed by atoms with Crippen LogP contribution in [0.5, 0.6) is 5.75 Å². The molecule has 7 heteroatoms. The van der Waals surface area contributed by atoms with Crippen molar-refractivity contribution in [3.8, 4) is 5.75 Å². The van der Waals surface area contributed by atoms with Gasteiger partial charge >= 0.3 is 0 Å². The van der Waals surface area contributed by atoms with E-state index in [1.54, 1.807) is 6.08 Å². The number of hydrogen-bond donors (Lipinski definition) is 0. The van der Waals surface area contributed by atoms with Crippen molar-refractivity contribution >= 4 is 46.1 Å². The molecule has 0 spiro atoms. The van der Waals surface area contributed by atoms with Gasteiger partial charge in [0.25, 0.3) is 5.56 Å². The summed E-state index contributed by atoms with van der Waals surface area (Å²) in [5.74, 6) is 1.23. The van der Waals surface area contributed by atoms with Crippen LogP contribution in [-0.2, 0) is 0 Å². The number of benzene rings is 2. The number of ether oxygens (including phenoxy) is 1. The van der Waals surface area contributed by atoms with Gasteiger partial charge in [-0.15, -0.1) is 5.10 Å². The Labute approximate surface area is 170 Å². The van der Waals surface area contributed by atoms with Gasteiger partial charge in [-0.25, -0.2) is 0 Å². The number of para-hydroxylation sites is 1. The van der Waals surface area contributed by atoms with Crippen LogP contribution in [0.3, 0.4) is 0 Å². The number of halogens is 1. The molecule has 5 nitrogen and oxygen atoms in total. The Balaban J connectivity index is 1.67. The molecule has 0 N–H and O–H groups in total. The minimum absolute atomic E-state index is 0.190. The third-order valence-electron chi connectivity index (χ3n) is 4.00. The molecular weight excluding hydrogens is 394 g/mol. The molecule has 0 bridgehead atoms. The molecule has 0 aliphatic rings. The SMILES string of the molecule is CCOc1ccccc1/C=c1/sc2nc(/C=C/c3ccc(Cl)cc3)nn2c1=O. The van der Waals surface area contributed by atoms with E-state index in [2.05, 4.69) is 10.1 Å². The fourth-order valence-corrected chi connectivity index (χ4v) is 3.72. The van der Waals surface area contributed by atoms with Crippen molar-refractivity contribution in [2.75, 3.05) is 6.61 Å². The van der Waals surface area contributed by atoms with Gasteiger partial charge in [0, 0.05) is 10.6 Å². The number of thiazole rings is 1. The van der Waals surface area contributed by atoms with Crippen molar-refractivity contribution in [2.45, 2.75) is 6.92 Å². The predicted molar refractivity (Wildman–Crippen MR) is 114 cm³/mol. The first-order chi connectivity index (χ1) is 13.6. The van der Waals surface area contributed by atoms with Gasteiger partial charge in [0.1, 0.15) is 5.75 Å². The normalized spacial score (nSPS) is 12.3. The molecule has 140 valence electrons. The topological polar surface area (TPSA) is 56.5 Å². The van der Waals surface area contributed by atoms with Gasteiger partial charge in [-0.05, 0) is 42.8 Å². The van der Waals surface area contributed by atoms with E-state index >= 15 is 0 Å². The van der Waals surface area contributed by atoms with Crippen molar-refractivity contribution in [3.05, 3.63) is 85.4 Å². The summed E-state index contributed by atoms with van der Waals surface area (Å²) < 4.78 is 7.52. The molecule has 0 radical (unpaired) electrons. The summed E-state index contributed by atoms with van der Waals surface area (Å²) in [6.07, 6.45) is 5.47. The zero-order chi connectivity index (χ0) is 19.5. The van der Waals surface area contributed by atoms with Crippen molar-refractivity contribution in [1.29, 1.82) is 0 Å².